The predicted octanol–water partition coefficient (Wildman–Crippen LogP) is 4.98. The van der Waals surface area contributed by atoms with Gasteiger partial charge in [0, 0.05) is 9.49 Å². The summed E-state index contributed by atoms with van der Waals surface area (Å²) in [5, 5.41) is 0. The molecule has 2 aliphatic heterocycles. The molecular formula is C12H22S3. The molecule has 2 atom stereocenters. The Kier molecular flexibility index (Phi) is 2.74. The van der Waals surface area contributed by atoms with Gasteiger partial charge in [0.1, 0.15) is 0 Å². The fourth-order valence-electron chi connectivity index (χ4n) is 3.43. The zero-order chi connectivity index (χ0) is 11.5. The van der Waals surface area contributed by atoms with Gasteiger partial charge in [0.25, 0.3) is 0 Å². The topological polar surface area (TPSA) is 0 Å². The van der Waals surface area contributed by atoms with Crippen LogP contribution < -0.4 is 0 Å². The molecule has 2 aliphatic rings. The lowest BCUT2D eigenvalue weighted by Gasteiger charge is -2.58. The first-order chi connectivity index (χ1) is 6.54. The summed E-state index contributed by atoms with van der Waals surface area (Å²) in [4.78, 5) is 0. The van der Waals surface area contributed by atoms with Crippen molar-refractivity contribution in [3.63, 3.8) is 0 Å². The average Bonchev–Trinajstić information content (AvgIpc) is 1.67. The second-order valence-electron chi connectivity index (χ2n) is 6.45. The van der Waals surface area contributed by atoms with Crippen LogP contribution in [0.25, 0.3) is 0 Å². The van der Waals surface area contributed by atoms with Crippen molar-refractivity contribution in [2.75, 3.05) is 0 Å². The van der Waals surface area contributed by atoms with Gasteiger partial charge in [0.05, 0.1) is 8.16 Å². The largest absolute Gasteiger partial charge is 0.138 e. The molecule has 0 aromatic heterocycles. The molecule has 2 saturated heterocycles. The third-order valence-corrected chi connectivity index (χ3v) is 7.61. The maximum absolute atomic E-state index is 2.45. The van der Waals surface area contributed by atoms with Crippen molar-refractivity contribution in [2.45, 2.75) is 72.0 Å². The molecule has 3 heteroatoms. The highest BCUT2D eigenvalue weighted by Crippen LogP contribution is 2.70. The van der Waals surface area contributed by atoms with E-state index in [1.54, 1.807) is 0 Å². The predicted molar refractivity (Wildman–Crippen MR) is 77.0 cm³/mol. The van der Waals surface area contributed by atoms with E-state index in [9.17, 15) is 0 Å². The number of hydrogen-bond acceptors (Lipinski definition) is 3. The molecule has 0 aromatic rings. The van der Waals surface area contributed by atoms with Crippen molar-refractivity contribution in [3.05, 3.63) is 0 Å². The molecule has 0 nitrogen and oxygen atoms in total. The van der Waals surface area contributed by atoms with Crippen LogP contribution in [-0.4, -0.2) is 17.7 Å². The van der Waals surface area contributed by atoms with Gasteiger partial charge in [0.2, 0.25) is 0 Å². The van der Waals surface area contributed by atoms with Gasteiger partial charge in [-0.1, -0.05) is 27.7 Å². The maximum Gasteiger partial charge on any atom is 0.0615 e. The van der Waals surface area contributed by atoms with Crippen LogP contribution in [0.1, 0.15) is 54.4 Å². The zero-order valence-electron chi connectivity index (χ0n) is 10.6. The van der Waals surface area contributed by atoms with Crippen LogP contribution in [0.3, 0.4) is 0 Å². The first kappa shape index (κ1) is 12.5. The van der Waals surface area contributed by atoms with Gasteiger partial charge in [-0.05, 0) is 26.7 Å². The number of fused-ring (bicyclic) bond motifs is 2. The zero-order valence-corrected chi connectivity index (χ0v) is 13.1. The fraction of sp³-hybridized carbons (Fsp3) is 1.00. The Morgan fingerprint density at radius 1 is 0.600 bits per heavy atom. The van der Waals surface area contributed by atoms with Crippen molar-refractivity contribution >= 4 is 35.3 Å². The summed E-state index contributed by atoms with van der Waals surface area (Å²) in [6, 6.07) is 0. The Morgan fingerprint density at radius 3 is 1.27 bits per heavy atom. The molecule has 0 spiro atoms. The van der Waals surface area contributed by atoms with Gasteiger partial charge in [-0.3, -0.25) is 0 Å². The van der Waals surface area contributed by atoms with E-state index < -0.39 is 0 Å². The third kappa shape index (κ3) is 2.66. The summed E-state index contributed by atoms with van der Waals surface area (Å²) < 4.78 is 1.73. The Balaban J connectivity index is 2.33. The van der Waals surface area contributed by atoms with E-state index in [-0.39, 0.29) is 0 Å². The van der Waals surface area contributed by atoms with Gasteiger partial charge < -0.3 is 0 Å². The first-order valence-electron chi connectivity index (χ1n) is 5.64. The lowest BCUT2D eigenvalue weighted by molar-refractivity contribution is 0.528. The Hall–Kier alpha value is 1.05. The van der Waals surface area contributed by atoms with Crippen LogP contribution in [0.15, 0.2) is 0 Å². The minimum atomic E-state index is 0.422. The van der Waals surface area contributed by atoms with E-state index >= 15 is 0 Å². The van der Waals surface area contributed by atoms with E-state index in [0.29, 0.717) is 17.7 Å². The highest BCUT2D eigenvalue weighted by Gasteiger charge is 2.55. The van der Waals surface area contributed by atoms with Crippen LogP contribution >= 0.6 is 35.3 Å². The maximum atomic E-state index is 2.45. The Morgan fingerprint density at radius 2 is 0.933 bits per heavy atom. The molecule has 0 aromatic carbocycles. The summed E-state index contributed by atoms with van der Waals surface area (Å²) in [7, 11) is 0. The Labute approximate surface area is 107 Å². The van der Waals surface area contributed by atoms with Crippen molar-refractivity contribution in [1.82, 2.24) is 0 Å². The van der Waals surface area contributed by atoms with Crippen LogP contribution in [0, 0.1) is 0 Å². The standard InChI is InChI=1S/C12H22S3/c1-9(2)7-11(5)14-10(3,4)8-12(6,13-9)15-11/h7-8H2,1-6H3/t11-,12-/m0/s1. The van der Waals surface area contributed by atoms with Crippen LogP contribution in [0.5, 0.6) is 0 Å². The van der Waals surface area contributed by atoms with Gasteiger partial charge in [-0.15, -0.1) is 35.3 Å². The number of rotatable bonds is 0. The van der Waals surface area contributed by atoms with E-state index in [1.165, 1.54) is 12.8 Å². The molecule has 2 bridgehead atoms. The van der Waals surface area contributed by atoms with Crippen molar-refractivity contribution in [2.24, 2.45) is 0 Å². The molecule has 0 radical (unpaired) electrons. The molecule has 0 amide bonds. The summed E-state index contributed by atoms with van der Waals surface area (Å²) in [6.45, 7) is 14.5. The summed E-state index contributed by atoms with van der Waals surface area (Å²) in [6.07, 6.45) is 2.64. The summed E-state index contributed by atoms with van der Waals surface area (Å²) in [5.41, 5.74) is 0. The minimum absolute atomic E-state index is 0.422. The van der Waals surface area contributed by atoms with Crippen LogP contribution in [0.4, 0.5) is 0 Å². The SMILES string of the molecule is CC1(C)C[C@@]2(C)SC(C)(C)C[C@@](C)(S1)S2. The quantitative estimate of drug-likeness (QED) is 0.604. The van der Waals surface area contributed by atoms with Crippen molar-refractivity contribution in [1.29, 1.82) is 0 Å². The minimum Gasteiger partial charge on any atom is -0.138 e. The molecule has 0 unspecified atom stereocenters. The lowest BCUT2D eigenvalue weighted by atomic mass is 10.1. The van der Waals surface area contributed by atoms with E-state index in [0.717, 1.165) is 0 Å². The smallest absolute Gasteiger partial charge is 0.0615 e. The van der Waals surface area contributed by atoms with Gasteiger partial charge in [-0.2, -0.15) is 0 Å². The number of hydrogen-bond donors (Lipinski definition) is 0. The van der Waals surface area contributed by atoms with Gasteiger partial charge in [-0.25, -0.2) is 0 Å². The molecule has 15 heavy (non-hydrogen) atoms. The Bertz CT molecular complexity index is 226. The molecule has 2 rings (SSSR count). The molecular weight excluding hydrogens is 240 g/mol. The van der Waals surface area contributed by atoms with Crippen molar-refractivity contribution < 1.29 is 0 Å². The highest BCUT2D eigenvalue weighted by atomic mass is 32.2. The monoisotopic (exact) mass is 262 g/mol. The van der Waals surface area contributed by atoms with Crippen LogP contribution in [0.2, 0.25) is 0 Å². The van der Waals surface area contributed by atoms with Gasteiger partial charge >= 0.3 is 0 Å². The third-order valence-electron chi connectivity index (χ3n) is 2.91. The fourth-order valence-corrected chi connectivity index (χ4v) is 12.4. The van der Waals surface area contributed by atoms with E-state index in [1.807, 2.05) is 0 Å². The van der Waals surface area contributed by atoms with Gasteiger partial charge in [0.15, 0.2) is 0 Å². The molecule has 88 valence electrons. The highest BCUT2D eigenvalue weighted by molar-refractivity contribution is 8.27. The molecule has 0 aliphatic carbocycles. The summed E-state index contributed by atoms with van der Waals surface area (Å²) >= 11 is 6.60. The summed E-state index contributed by atoms with van der Waals surface area (Å²) in [5.74, 6) is 0. The van der Waals surface area contributed by atoms with E-state index in [4.69, 9.17) is 0 Å². The molecule has 2 fully saturated rings. The normalized spacial score (nSPS) is 47.6. The lowest BCUT2D eigenvalue weighted by Crippen LogP contribution is -2.49. The van der Waals surface area contributed by atoms with Crippen molar-refractivity contribution in [3.8, 4) is 0 Å². The average molecular weight is 263 g/mol. The second kappa shape index (κ2) is 3.29. The second-order valence-corrected chi connectivity index (χ2v) is 13.4. The molecule has 2 heterocycles. The number of thioether (sulfide) groups is 3. The molecule has 0 saturated carbocycles. The molecule has 0 N–H and O–H groups in total. The first-order valence-corrected chi connectivity index (χ1v) is 8.09. The van der Waals surface area contributed by atoms with E-state index in [2.05, 4.69) is 76.8 Å². The van der Waals surface area contributed by atoms with Crippen LogP contribution in [-0.2, 0) is 0 Å².